The summed E-state index contributed by atoms with van der Waals surface area (Å²) in [4.78, 5) is 0. The first-order valence-corrected chi connectivity index (χ1v) is 6.29. The lowest BCUT2D eigenvalue weighted by Gasteiger charge is -2.24. The van der Waals surface area contributed by atoms with E-state index in [1.807, 2.05) is 22.6 Å². The first-order valence-electron chi connectivity index (χ1n) is 5.21. The molecule has 1 atom stereocenters. The highest BCUT2D eigenvalue weighted by molar-refractivity contribution is 14.1. The summed E-state index contributed by atoms with van der Waals surface area (Å²) < 4.78 is 42.2. The summed E-state index contributed by atoms with van der Waals surface area (Å²) in [7, 11) is 0. The quantitative estimate of drug-likeness (QED) is 0.755. The Hall–Kier alpha value is -1.05. The topological polar surface area (TPSA) is 17.8 Å². The Morgan fingerprint density at radius 1 is 1.28 bits per heavy atom. The standard InChI is InChI=1S/C12H10F3IN2/c1-12(14,15)11(18-7-10(16)6-17-18)8-2-4-9(13)5-3-8/h2-7,11H,1H3/t11-/m1/s1. The molecule has 0 radical (unpaired) electrons. The van der Waals surface area contributed by atoms with Crippen LogP contribution in [-0.4, -0.2) is 15.7 Å². The van der Waals surface area contributed by atoms with Gasteiger partial charge in [-0.05, 0) is 40.3 Å². The number of aromatic nitrogens is 2. The minimum atomic E-state index is -2.99. The summed E-state index contributed by atoms with van der Waals surface area (Å²) in [6.45, 7) is 0.829. The van der Waals surface area contributed by atoms with Crippen LogP contribution < -0.4 is 0 Å². The van der Waals surface area contributed by atoms with Gasteiger partial charge in [-0.15, -0.1) is 0 Å². The number of hydrogen-bond acceptors (Lipinski definition) is 1. The number of nitrogens with zero attached hydrogens (tertiary/aromatic N) is 2. The summed E-state index contributed by atoms with van der Waals surface area (Å²) in [5, 5.41) is 3.92. The number of rotatable bonds is 3. The van der Waals surface area contributed by atoms with Crippen molar-refractivity contribution in [2.75, 3.05) is 0 Å². The smallest absolute Gasteiger partial charge is 0.258 e. The fraction of sp³-hybridized carbons (Fsp3) is 0.250. The number of benzene rings is 1. The monoisotopic (exact) mass is 366 g/mol. The van der Waals surface area contributed by atoms with Gasteiger partial charge in [-0.2, -0.15) is 5.10 Å². The molecule has 2 aromatic rings. The highest BCUT2D eigenvalue weighted by Gasteiger charge is 2.37. The highest BCUT2D eigenvalue weighted by atomic mass is 127. The Kier molecular flexibility index (Phi) is 3.65. The minimum Gasteiger partial charge on any atom is -0.258 e. The molecule has 0 aliphatic rings. The Balaban J connectivity index is 2.47. The van der Waals surface area contributed by atoms with Crippen molar-refractivity contribution in [3.05, 3.63) is 51.6 Å². The second-order valence-corrected chi connectivity index (χ2v) is 5.29. The van der Waals surface area contributed by atoms with Crippen molar-refractivity contribution in [3.8, 4) is 0 Å². The molecule has 1 aromatic carbocycles. The van der Waals surface area contributed by atoms with Gasteiger partial charge in [0.15, 0.2) is 0 Å². The van der Waals surface area contributed by atoms with Crippen LogP contribution in [0.5, 0.6) is 0 Å². The first kappa shape index (κ1) is 13.4. The average molecular weight is 366 g/mol. The van der Waals surface area contributed by atoms with E-state index in [0.29, 0.717) is 5.56 Å². The van der Waals surface area contributed by atoms with Gasteiger partial charge in [-0.1, -0.05) is 12.1 Å². The van der Waals surface area contributed by atoms with Crippen LogP contribution in [0.1, 0.15) is 18.5 Å². The molecule has 0 fully saturated rings. The van der Waals surface area contributed by atoms with Crippen LogP contribution in [0.15, 0.2) is 36.7 Å². The summed E-state index contributed by atoms with van der Waals surface area (Å²) >= 11 is 2.00. The zero-order valence-corrected chi connectivity index (χ0v) is 11.6. The molecule has 1 heterocycles. The van der Waals surface area contributed by atoms with Crippen LogP contribution in [-0.2, 0) is 0 Å². The van der Waals surface area contributed by atoms with Crippen molar-refractivity contribution in [3.63, 3.8) is 0 Å². The van der Waals surface area contributed by atoms with Crippen LogP contribution in [0.4, 0.5) is 13.2 Å². The number of halogens is 4. The molecule has 0 saturated carbocycles. The molecule has 2 rings (SSSR count). The van der Waals surface area contributed by atoms with Crippen LogP contribution in [0, 0.1) is 9.39 Å². The van der Waals surface area contributed by atoms with E-state index in [9.17, 15) is 13.2 Å². The summed E-state index contributed by atoms with van der Waals surface area (Å²) in [6, 6.07) is 3.81. The molecular weight excluding hydrogens is 356 g/mol. The molecule has 0 aliphatic carbocycles. The van der Waals surface area contributed by atoms with Crippen molar-refractivity contribution >= 4 is 22.6 Å². The van der Waals surface area contributed by atoms with E-state index < -0.39 is 17.8 Å². The molecule has 0 unspecified atom stereocenters. The van der Waals surface area contributed by atoms with Gasteiger partial charge in [0, 0.05) is 13.1 Å². The Labute approximate surface area is 116 Å². The predicted octanol–water partition coefficient (Wildman–Crippen LogP) is 3.87. The SMILES string of the molecule is CC(F)(F)[C@@H](c1ccc(F)cc1)n1cc(I)cn1. The fourth-order valence-electron chi connectivity index (χ4n) is 1.78. The van der Waals surface area contributed by atoms with E-state index in [-0.39, 0.29) is 0 Å². The summed E-state index contributed by atoms with van der Waals surface area (Å²) in [5.74, 6) is -3.45. The van der Waals surface area contributed by atoms with Crippen molar-refractivity contribution in [2.45, 2.75) is 18.9 Å². The second-order valence-electron chi connectivity index (χ2n) is 4.05. The molecule has 0 saturated heterocycles. The van der Waals surface area contributed by atoms with Gasteiger partial charge in [0.05, 0.1) is 9.77 Å². The Bertz CT molecular complexity index is 531. The summed E-state index contributed by atoms with van der Waals surface area (Å²) in [5.41, 5.74) is 0.323. The maximum absolute atomic E-state index is 13.7. The van der Waals surface area contributed by atoms with Crippen LogP contribution in [0.3, 0.4) is 0 Å². The normalized spacial score (nSPS) is 13.6. The predicted molar refractivity (Wildman–Crippen MR) is 70.1 cm³/mol. The first-order chi connectivity index (χ1) is 8.38. The third-order valence-corrected chi connectivity index (χ3v) is 3.06. The molecule has 96 valence electrons. The molecule has 2 nitrogen and oxygen atoms in total. The van der Waals surface area contributed by atoms with Gasteiger partial charge < -0.3 is 0 Å². The van der Waals surface area contributed by atoms with E-state index >= 15 is 0 Å². The molecular formula is C12H10F3IN2. The maximum Gasteiger partial charge on any atom is 0.271 e. The molecule has 6 heteroatoms. The third kappa shape index (κ3) is 2.85. The minimum absolute atomic E-state index is 0.323. The molecule has 0 amide bonds. The summed E-state index contributed by atoms with van der Waals surface area (Å²) in [6.07, 6.45) is 3.04. The van der Waals surface area contributed by atoms with Crippen LogP contribution in [0.2, 0.25) is 0 Å². The van der Waals surface area contributed by atoms with Gasteiger partial charge in [0.25, 0.3) is 5.92 Å². The highest BCUT2D eigenvalue weighted by Crippen LogP contribution is 2.34. The Morgan fingerprint density at radius 2 is 1.89 bits per heavy atom. The van der Waals surface area contributed by atoms with Crippen molar-refractivity contribution in [1.82, 2.24) is 9.78 Å². The molecule has 18 heavy (non-hydrogen) atoms. The molecule has 0 bridgehead atoms. The van der Waals surface area contributed by atoms with Gasteiger partial charge in [-0.3, -0.25) is 4.68 Å². The van der Waals surface area contributed by atoms with Crippen molar-refractivity contribution in [2.24, 2.45) is 0 Å². The van der Waals surface area contributed by atoms with E-state index in [2.05, 4.69) is 5.10 Å². The lowest BCUT2D eigenvalue weighted by Crippen LogP contribution is -2.29. The molecule has 1 aromatic heterocycles. The van der Waals surface area contributed by atoms with Gasteiger partial charge >= 0.3 is 0 Å². The molecule has 0 N–H and O–H groups in total. The van der Waals surface area contributed by atoms with Crippen molar-refractivity contribution in [1.29, 1.82) is 0 Å². The van der Waals surface area contributed by atoms with Gasteiger partial charge in [0.2, 0.25) is 0 Å². The zero-order chi connectivity index (χ0) is 13.3. The Morgan fingerprint density at radius 3 is 2.33 bits per heavy atom. The van der Waals surface area contributed by atoms with E-state index in [1.165, 1.54) is 41.3 Å². The van der Waals surface area contributed by atoms with E-state index in [1.54, 1.807) is 0 Å². The van der Waals surface area contributed by atoms with E-state index in [0.717, 1.165) is 10.5 Å². The lowest BCUT2D eigenvalue weighted by molar-refractivity contribution is -0.0217. The van der Waals surface area contributed by atoms with Gasteiger partial charge in [0.1, 0.15) is 11.9 Å². The number of hydrogen-bond donors (Lipinski definition) is 0. The lowest BCUT2D eigenvalue weighted by atomic mass is 10.0. The van der Waals surface area contributed by atoms with Crippen LogP contribution >= 0.6 is 22.6 Å². The van der Waals surface area contributed by atoms with E-state index in [4.69, 9.17) is 0 Å². The molecule has 0 aliphatic heterocycles. The zero-order valence-electron chi connectivity index (χ0n) is 9.45. The molecule has 0 spiro atoms. The van der Waals surface area contributed by atoms with Crippen molar-refractivity contribution < 1.29 is 13.2 Å². The maximum atomic E-state index is 13.7. The third-order valence-electron chi connectivity index (χ3n) is 2.50. The largest absolute Gasteiger partial charge is 0.271 e. The average Bonchev–Trinajstić information content (AvgIpc) is 2.66. The van der Waals surface area contributed by atoms with Gasteiger partial charge in [-0.25, -0.2) is 13.2 Å². The second kappa shape index (κ2) is 4.91. The van der Waals surface area contributed by atoms with Crippen LogP contribution in [0.25, 0.3) is 0 Å². The number of alkyl halides is 2. The fourth-order valence-corrected chi connectivity index (χ4v) is 2.19.